The molecule has 0 N–H and O–H groups in total. The first-order chi connectivity index (χ1) is 19.7. The number of thiophene rings is 2. The first-order valence-corrected chi connectivity index (χ1v) is 14.0. The third-order valence-corrected chi connectivity index (χ3v) is 9.63. The number of nitrogens with zero attached hydrogens (tertiary/aromatic N) is 4. The Morgan fingerprint density at radius 2 is 0.750 bits per heavy atom. The van der Waals surface area contributed by atoms with Gasteiger partial charge in [-0.3, -0.25) is 0 Å². The van der Waals surface area contributed by atoms with Crippen LogP contribution >= 0.6 is 22.7 Å². The summed E-state index contributed by atoms with van der Waals surface area (Å²) in [5, 5.41) is 44.6. The Balaban J connectivity index is 1.88. The number of hydrogen-bond donors (Lipinski definition) is 0. The van der Waals surface area contributed by atoms with Crippen LogP contribution in [-0.2, 0) is 0 Å². The SMILES string of the molecule is N#Cc1cccc(C#N)c1-c1c2sc3ccccc3c2c(-c2c(C#N)cccc2C#N)c2sc3ccccc3c12. The van der Waals surface area contributed by atoms with E-state index in [9.17, 15) is 21.0 Å². The van der Waals surface area contributed by atoms with Crippen LogP contribution in [0, 0.1) is 45.3 Å². The first-order valence-electron chi connectivity index (χ1n) is 12.4. The maximum absolute atomic E-state index is 10.2. The van der Waals surface area contributed by atoms with Gasteiger partial charge in [0.25, 0.3) is 0 Å². The van der Waals surface area contributed by atoms with Crippen LogP contribution in [0.3, 0.4) is 0 Å². The van der Waals surface area contributed by atoms with Crippen molar-refractivity contribution in [2.45, 2.75) is 0 Å². The van der Waals surface area contributed by atoms with Crippen molar-refractivity contribution in [2.24, 2.45) is 0 Å². The quantitative estimate of drug-likeness (QED) is 0.217. The second kappa shape index (κ2) is 9.06. The minimum absolute atomic E-state index is 0.428. The van der Waals surface area contributed by atoms with Gasteiger partial charge in [0.2, 0.25) is 0 Å². The number of rotatable bonds is 2. The molecule has 0 amide bonds. The molecule has 182 valence electrons. The summed E-state index contributed by atoms with van der Waals surface area (Å²) in [4.78, 5) is 0. The maximum atomic E-state index is 10.2. The van der Waals surface area contributed by atoms with Crippen LogP contribution in [0.5, 0.6) is 0 Å². The van der Waals surface area contributed by atoms with E-state index < -0.39 is 0 Å². The average molecular weight is 543 g/mol. The van der Waals surface area contributed by atoms with Gasteiger partial charge < -0.3 is 0 Å². The molecule has 7 rings (SSSR count). The molecule has 0 saturated heterocycles. The van der Waals surface area contributed by atoms with Crippen LogP contribution in [0.25, 0.3) is 62.6 Å². The van der Waals surface area contributed by atoms with E-state index in [1.807, 2.05) is 24.3 Å². The van der Waals surface area contributed by atoms with Crippen LogP contribution in [0.2, 0.25) is 0 Å². The molecule has 40 heavy (non-hydrogen) atoms. The molecular weight excluding hydrogens is 529 g/mol. The molecule has 0 aliphatic rings. The van der Waals surface area contributed by atoms with Crippen LogP contribution in [0.1, 0.15) is 22.3 Å². The highest BCUT2D eigenvalue weighted by atomic mass is 32.1. The smallest absolute Gasteiger partial charge is 0.0998 e. The fourth-order valence-corrected chi connectivity index (χ4v) is 8.19. The van der Waals surface area contributed by atoms with Crippen molar-refractivity contribution in [2.75, 3.05) is 0 Å². The Bertz CT molecular complexity index is 2150. The van der Waals surface area contributed by atoms with Gasteiger partial charge in [0.1, 0.15) is 0 Å². The third kappa shape index (κ3) is 3.19. The van der Waals surface area contributed by atoms with Crippen molar-refractivity contribution >= 4 is 63.0 Å². The van der Waals surface area contributed by atoms with Crippen molar-refractivity contribution in [3.05, 3.63) is 107 Å². The topological polar surface area (TPSA) is 95.2 Å². The summed E-state index contributed by atoms with van der Waals surface area (Å²) in [5.74, 6) is 0. The van der Waals surface area contributed by atoms with Crippen LogP contribution < -0.4 is 0 Å². The minimum atomic E-state index is 0.428. The average Bonchev–Trinajstić information content (AvgIpc) is 3.58. The maximum Gasteiger partial charge on any atom is 0.0998 e. The van der Waals surface area contributed by atoms with E-state index in [4.69, 9.17) is 0 Å². The second-order valence-electron chi connectivity index (χ2n) is 9.26. The molecule has 0 radical (unpaired) electrons. The highest BCUT2D eigenvalue weighted by molar-refractivity contribution is 7.28. The summed E-state index contributed by atoms with van der Waals surface area (Å²) in [5.41, 5.74) is 4.61. The Kier molecular flexibility index (Phi) is 5.35. The number of nitriles is 4. The lowest BCUT2D eigenvalue weighted by Crippen LogP contribution is -1.95. The van der Waals surface area contributed by atoms with Crippen molar-refractivity contribution < 1.29 is 0 Å². The highest BCUT2D eigenvalue weighted by Gasteiger charge is 2.28. The van der Waals surface area contributed by atoms with E-state index in [1.54, 1.807) is 59.1 Å². The lowest BCUT2D eigenvalue weighted by molar-refractivity contribution is 1.45. The number of benzene rings is 5. The normalized spacial score (nSPS) is 10.9. The molecule has 6 heteroatoms. The van der Waals surface area contributed by atoms with Crippen LogP contribution in [0.15, 0.2) is 84.9 Å². The Morgan fingerprint density at radius 1 is 0.400 bits per heavy atom. The summed E-state index contributed by atoms with van der Waals surface area (Å²) in [6.45, 7) is 0. The van der Waals surface area contributed by atoms with Gasteiger partial charge in [-0.2, -0.15) is 21.0 Å². The largest absolute Gasteiger partial charge is 0.192 e. The Morgan fingerprint density at radius 3 is 1.10 bits per heavy atom. The molecule has 0 bridgehead atoms. The summed E-state index contributed by atoms with van der Waals surface area (Å²) in [7, 11) is 0. The molecule has 2 heterocycles. The molecule has 0 unspecified atom stereocenters. The number of hydrogen-bond acceptors (Lipinski definition) is 6. The predicted octanol–water partition coefficient (Wildman–Crippen LogP) is 9.24. The van der Waals surface area contributed by atoms with Gasteiger partial charge in [-0.1, -0.05) is 48.5 Å². The van der Waals surface area contributed by atoms with Gasteiger partial charge in [-0.15, -0.1) is 22.7 Å². The summed E-state index contributed by atoms with van der Waals surface area (Å²) in [6.07, 6.45) is 0. The molecular formula is C34H14N4S2. The highest BCUT2D eigenvalue weighted by Crippen LogP contribution is 2.55. The molecule has 0 spiro atoms. The summed E-state index contributed by atoms with van der Waals surface area (Å²) < 4.78 is 3.93. The van der Waals surface area contributed by atoms with E-state index in [0.717, 1.165) is 51.5 Å². The van der Waals surface area contributed by atoms with E-state index in [2.05, 4.69) is 48.5 Å². The van der Waals surface area contributed by atoms with Gasteiger partial charge in [0.15, 0.2) is 0 Å². The Hall–Kier alpha value is -5.50. The van der Waals surface area contributed by atoms with Gasteiger partial charge in [-0.05, 0) is 36.4 Å². The predicted molar refractivity (Wildman–Crippen MR) is 162 cm³/mol. The lowest BCUT2D eigenvalue weighted by Gasteiger charge is -2.16. The van der Waals surface area contributed by atoms with Gasteiger partial charge in [0.05, 0.1) is 46.5 Å². The van der Waals surface area contributed by atoms with Crippen LogP contribution in [0.4, 0.5) is 0 Å². The van der Waals surface area contributed by atoms with Gasteiger partial charge >= 0.3 is 0 Å². The van der Waals surface area contributed by atoms with E-state index in [-0.39, 0.29) is 0 Å². The van der Waals surface area contributed by atoms with Gasteiger partial charge in [0, 0.05) is 62.6 Å². The van der Waals surface area contributed by atoms with E-state index in [1.165, 1.54) is 0 Å². The minimum Gasteiger partial charge on any atom is -0.192 e. The third-order valence-electron chi connectivity index (χ3n) is 7.26. The second-order valence-corrected chi connectivity index (χ2v) is 11.4. The zero-order valence-electron chi connectivity index (χ0n) is 20.7. The lowest BCUT2D eigenvalue weighted by atomic mass is 9.85. The molecule has 2 aromatic heterocycles. The van der Waals surface area contributed by atoms with Crippen LogP contribution in [-0.4, -0.2) is 0 Å². The van der Waals surface area contributed by atoms with Crippen molar-refractivity contribution in [3.8, 4) is 46.5 Å². The van der Waals surface area contributed by atoms with E-state index >= 15 is 0 Å². The zero-order valence-corrected chi connectivity index (χ0v) is 22.3. The molecule has 0 fully saturated rings. The summed E-state index contributed by atoms with van der Waals surface area (Å²) in [6, 6.07) is 36.0. The summed E-state index contributed by atoms with van der Waals surface area (Å²) >= 11 is 3.21. The van der Waals surface area contributed by atoms with Crippen molar-refractivity contribution in [3.63, 3.8) is 0 Å². The fraction of sp³-hybridized carbons (Fsp3) is 0. The van der Waals surface area contributed by atoms with Crippen molar-refractivity contribution in [1.82, 2.24) is 0 Å². The number of fused-ring (bicyclic) bond motifs is 6. The molecule has 0 aliphatic heterocycles. The molecule has 0 atom stereocenters. The fourth-order valence-electron chi connectivity index (χ4n) is 5.66. The van der Waals surface area contributed by atoms with Crippen molar-refractivity contribution in [1.29, 1.82) is 21.0 Å². The monoisotopic (exact) mass is 542 g/mol. The molecule has 5 aromatic carbocycles. The van der Waals surface area contributed by atoms with Gasteiger partial charge in [-0.25, -0.2) is 0 Å². The standard InChI is InChI=1S/C34H14N4S2/c35-15-19-7-5-8-20(16-36)27(19)31-29-23-11-1-3-13-25(23)39-33(29)32(28-21(17-37)9-6-10-22(28)18-38)30-24-12-2-4-14-26(24)40-34(30)31/h1-14H. The van der Waals surface area contributed by atoms with E-state index in [0.29, 0.717) is 33.4 Å². The molecule has 4 nitrogen and oxygen atoms in total. The first kappa shape index (κ1) is 23.6. The molecule has 0 saturated carbocycles. The molecule has 7 aromatic rings. The Labute approximate surface area is 237 Å². The molecule has 0 aliphatic carbocycles. The zero-order chi connectivity index (χ0) is 27.4.